The average molecular weight is 355 g/mol. The molecule has 1 fully saturated rings. The molecule has 112 valence electrons. The average Bonchev–Trinajstić information content (AvgIpc) is 2.86. The van der Waals surface area contributed by atoms with Crippen LogP contribution in [0.4, 0.5) is 18.9 Å². The molecule has 5 nitrogen and oxygen atoms in total. The minimum atomic E-state index is -4.47. The number of nitrogens with zero attached hydrogens (tertiary/aromatic N) is 2. The summed E-state index contributed by atoms with van der Waals surface area (Å²) in [5.74, 6) is 0.444. The Hall–Kier alpha value is -1.09. The first-order valence-corrected chi connectivity index (χ1v) is 6.93. The van der Waals surface area contributed by atoms with Gasteiger partial charge in [-0.3, -0.25) is 4.79 Å². The van der Waals surface area contributed by atoms with E-state index in [1.807, 2.05) is 0 Å². The zero-order valence-corrected chi connectivity index (χ0v) is 12.1. The van der Waals surface area contributed by atoms with Crippen molar-refractivity contribution >= 4 is 21.6 Å². The van der Waals surface area contributed by atoms with Crippen molar-refractivity contribution in [2.75, 3.05) is 25.0 Å². The van der Waals surface area contributed by atoms with E-state index in [0.717, 1.165) is 19.5 Å². The Bertz CT molecular complexity index is 525. The van der Waals surface area contributed by atoms with Crippen molar-refractivity contribution in [2.24, 2.45) is 5.92 Å². The molecule has 1 saturated heterocycles. The SMILES string of the molecule is O=c1c(Br)c(NCC2CCNC2)cnn1CC(F)(F)F. The van der Waals surface area contributed by atoms with Gasteiger partial charge in [-0.25, -0.2) is 4.68 Å². The third-order valence-corrected chi connectivity index (χ3v) is 3.82. The van der Waals surface area contributed by atoms with Crippen LogP contribution in [0.5, 0.6) is 0 Å². The molecule has 0 radical (unpaired) electrons. The Morgan fingerprint density at radius 1 is 1.55 bits per heavy atom. The van der Waals surface area contributed by atoms with Gasteiger partial charge in [-0.05, 0) is 41.4 Å². The maximum atomic E-state index is 12.3. The molecule has 1 aliphatic rings. The molecule has 0 spiro atoms. The molecule has 1 aromatic rings. The molecule has 0 aromatic carbocycles. The molecule has 20 heavy (non-hydrogen) atoms. The Kier molecular flexibility index (Phi) is 4.69. The zero-order chi connectivity index (χ0) is 14.8. The van der Waals surface area contributed by atoms with Gasteiger partial charge < -0.3 is 10.6 Å². The van der Waals surface area contributed by atoms with Crippen molar-refractivity contribution in [3.63, 3.8) is 0 Å². The van der Waals surface area contributed by atoms with Gasteiger partial charge >= 0.3 is 6.18 Å². The fraction of sp³-hybridized carbons (Fsp3) is 0.636. The quantitative estimate of drug-likeness (QED) is 0.861. The first kappa shape index (κ1) is 15.3. The van der Waals surface area contributed by atoms with Crippen LogP contribution in [0.1, 0.15) is 6.42 Å². The van der Waals surface area contributed by atoms with Gasteiger partial charge in [-0.15, -0.1) is 0 Å². The van der Waals surface area contributed by atoms with Gasteiger partial charge in [0.1, 0.15) is 11.0 Å². The summed E-state index contributed by atoms with van der Waals surface area (Å²) in [6.45, 7) is 1.11. The summed E-state index contributed by atoms with van der Waals surface area (Å²) in [7, 11) is 0. The predicted octanol–water partition coefficient (Wildman–Crippen LogP) is 1.59. The van der Waals surface area contributed by atoms with Crippen LogP contribution >= 0.6 is 15.9 Å². The van der Waals surface area contributed by atoms with Crippen LogP contribution in [0.15, 0.2) is 15.5 Å². The van der Waals surface area contributed by atoms with Crippen LogP contribution < -0.4 is 16.2 Å². The monoisotopic (exact) mass is 354 g/mol. The van der Waals surface area contributed by atoms with Crippen molar-refractivity contribution in [1.82, 2.24) is 15.1 Å². The minimum absolute atomic E-state index is 0.0720. The van der Waals surface area contributed by atoms with Crippen molar-refractivity contribution < 1.29 is 13.2 Å². The van der Waals surface area contributed by atoms with Crippen LogP contribution in [0.25, 0.3) is 0 Å². The van der Waals surface area contributed by atoms with Gasteiger partial charge in [0.2, 0.25) is 0 Å². The van der Waals surface area contributed by atoms with Gasteiger partial charge in [0.25, 0.3) is 5.56 Å². The van der Waals surface area contributed by atoms with Gasteiger partial charge in [0, 0.05) is 6.54 Å². The first-order chi connectivity index (χ1) is 9.37. The number of alkyl halides is 3. The molecule has 0 amide bonds. The maximum Gasteiger partial charge on any atom is 0.408 e. The smallest absolute Gasteiger partial charge is 0.382 e. The van der Waals surface area contributed by atoms with Crippen molar-refractivity contribution in [2.45, 2.75) is 19.1 Å². The third-order valence-electron chi connectivity index (χ3n) is 3.06. The molecule has 0 bridgehead atoms. The lowest BCUT2D eigenvalue weighted by atomic mass is 10.1. The maximum absolute atomic E-state index is 12.3. The Morgan fingerprint density at radius 2 is 2.30 bits per heavy atom. The molecular formula is C11H14BrF3N4O. The Balaban J connectivity index is 2.07. The Labute approximate surface area is 121 Å². The van der Waals surface area contributed by atoms with Crippen molar-refractivity contribution in [3.8, 4) is 0 Å². The molecule has 0 saturated carbocycles. The topological polar surface area (TPSA) is 59.0 Å². The summed E-state index contributed by atoms with van der Waals surface area (Å²) in [6, 6.07) is 0. The second-order valence-corrected chi connectivity index (χ2v) is 5.48. The van der Waals surface area contributed by atoms with Gasteiger partial charge in [-0.2, -0.15) is 18.3 Å². The molecule has 1 aromatic heterocycles. The highest BCUT2D eigenvalue weighted by Crippen LogP contribution is 2.20. The summed E-state index contributed by atoms with van der Waals surface area (Å²) in [5, 5.41) is 9.80. The number of rotatable bonds is 4. The number of anilines is 1. The highest BCUT2D eigenvalue weighted by atomic mass is 79.9. The lowest BCUT2D eigenvalue weighted by Crippen LogP contribution is -2.31. The van der Waals surface area contributed by atoms with Crippen LogP contribution in [0.2, 0.25) is 0 Å². The summed E-state index contributed by atoms with van der Waals surface area (Å²) < 4.78 is 37.3. The fourth-order valence-corrected chi connectivity index (χ4v) is 2.46. The second kappa shape index (κ2) is 6.13. The van der Waals surface area contributed by atoms with E-state index in [1.54, 1.807) is 0 Å². The molecule has 1 unspecified atom stereocenters. The third kappa shape index (κ3) is 3.95. The zero-order valence-electron chi connectivity index (χ0n) is 10.5. The molecule has 0 aliphatic carbocycles. The van der Waals surface area contributed by atoms with Crippen molar-refractivity contribution in [3.05, 3.63) is 21.0 Å². The lowest BCUT2D eigenvalue weighted by Gasteiger charge is -2.14. The fourth-order valence-electron chi connectivity index (χ4n) is 2.01. The van der Waals surface area contributed by atoms with E-state index in [0.29, 0.717) is 22.8 Å². The summed E-state index contributed by atoms with van der Waals surface area (Å²) >= 11 is 3.03. The molecule has 2 rings (SSSR count). The normalized spacial score (nSPS) is 19.3. The van der Waals surface area contributed by atoms with E-state index in [1.165, 1.54) is 6.20 Å². The van der Waals surface area contributed by atoms with E-state index in [-0.39, 0.29) is 4.47 Å². The molecule has 2 N–H and O–H groups in total. The largest absolute Gasteiger partial charge is 0.408 e. The standard InChI is InChI=1S/C11H14BrF3N4O/c12-9-8(17-4-7-1-2-16-3-7)5-18-19(10(9)20)6-11(13,14)15/h5,7,16-17H,1-4,6H2. The van der Waals surface area contributed by atoms with Crippen LogP contribution in [0, 0.1) is 5.92 Å². The number of nitrogens with one attached hydrogen (secondary N) is 2. The summed E-state index contributed by atoms with van der Waals surface area (Å²) in [5.41, 5.74) is -0.378. The van der Waals surface area contributed by atoms with Gasteiger partial charge in [-0.1, -0.05) is 0 Å². The number of halogens is 4. The van der Waals surface area contributed by atoms with E-state index in [9.17, 15) is 18.0 Å². The number of hydrogen-bond donors (Lipinski definition) is 2. The van der Waals surface area contributed by atoms with Gasteiger partial charge in [0.15, 0.2) is 0 Å². The van der Waals surface area contributed by atoms with Crippen LogP contribution in [0.3, 0.4) is 0 Å². The van der Waals surface area contributed by atoms with Crippen LogP contribution in [-0.2, 0) is 6.54 Å². The summed E-state index contributed by atoms with van der Waals surface area (Å²) in [6.07, 6.45) is -2.20. The number of hydrogen-bond acceptors (Lipinski definition) is 4. The molecule has 1 atom stereocenters. The van der Waals surface area contributed by atoms with Gasteiger partial charge in [0.05, 0.1) is 11.9 Å². The molecule has 2 heterocycles. The Morgan fingerprint density at radius 3 is 2.90 bits per heavy atom. The summed E-state index contributed by atoms with van der Waals surface area (Å²) in [4.78, 5) is 11.8. The molecule has 1 aliphatic heterocycles. The van der Waals surface area contributed by atoms with Crippen LogP contribution in [-0.4, -0.2) is 35.6 Å². The van der Waals surface area contributed by atoms with E-state index >= 15 is 0 Å². The predicted molar refractivity (Wildman–Crippen MR) is 71.7 cm³/mol. The van der Waals surface area contributed by atoms with E-state index < -0.39 is 18.3 Å². The highest BCUT2D eigenvalue weighted by molar-refractivity contribution is 9.10. The van der Waals surface area contributed by atoms with Crippen molar-refractivity contribution in [1.29, 1.82) is 0 Å². The highest BCUT2D eigenvalue weighted by Gasteiger charge is 2.29. The molecular weight excluding hydrogens is 341 g/mol. The van der Waals surface area contributed by atoms with E-state index in [2.05, 4.69) is 31.7 Å². The lowest BCUT2D eigenvalue weighted by molar-refractivity contribution is -0.143. The number of aromatic nitrogens is 2. The van der Waals surface area contributed by atoms with E-state index in [4.69, 9.17) is 0 Å². The minimum Gasteiger partial charge on any atom is -0.382 e. The molecule has 9 heteroatoms. The first-order valence-electron chi connectivity index (χ1n) is 6.14. The second-order valence-electron chi connectivity index (χ2n) is 4.69.